The molecule has 0 aliphatic carbocycles. The number of likely N-dealkylation sites (tertiary alicyclic amines) is 1. The molecule has 152 valence electrons. The maximum atomic E-state index is 12.5. The average Bonchev–Trinajstić information content (AvgIpc) is 3.35. The third kappa shape index (κ3) is 4.47. The number of hydrogen-bond acceptors (Lipinski definition) is 4. The predicted molar refractivity (Wildman–Crippen MR) is 107 cm³/mol. The van der Waals surface area contributed by atoms with E-state index in [0.717, 1.165) is 68.4 Å². The van der Waals surface area contributed by atoms with Crippen molar-refractivity contribution in [3.63, 3.8) is 0 Å². The van der Waals surface area contributed by atoms with Gasteiger partial charge < -0.3 is 19.7 Å². The fourth-order valence-corrected chi connectivity index (χ4v) is 4.12. The molecule has 1 aromatic heterocycles. The fourth-order valence-electron chi connectivity index (χ4n) is 4.12. The van der Waals surface area contributed by atoms with Crippen molar-refractivity contribution in [1.29, 1.82) is 0 Å². The molecule has 7 heteroatoms. The molecule has 4 rings (SSSR count). The smallest absolute Gasteiger partial charge is 0.317 e. The summed E-state index contributed by atoms with van der Waals surface area (Å²) in [6.45, 7) is 3.63. The number of aromatic nitrogens is 2. The number of fused-ring (bicyclic) bond motifs is 1. The first-order valence-corrected chi connectivity index (χ1v) is 10.4. The molecule has 0 spiro atoms. The van der Waals surface area contributed by atoms with Gasteiger partial charge >= 0.3 is 6.03 Å². The molecule has 2 amide bonds. The van der Waals surface area contributed by atoms with Crippen molar-refractivity contribution in [1.82, 2.24) is 20.0 Å². The molecule has 7 nitrogen and oxygen atoms in total. The Bertz CT molecular complexity index is 792. The largest absolute Gasteiger partial charge is 0.376 e. The molecule has 2 aliphatic heterocycles. The molecule has 2 saturated heterocycles. The van der Waals surface area contributed by atoms with Crippen LogP contribution in [0.3, 0.4) is 0 Å². The van der Waals surface area contributed by atoms with Crippen LogP contribution < -0.4 is 5.32 Å². The van der Waals surface area contributed by atoms with E-state index in [9.17, 15) is 4.79 Å². The summed E-state index contributed by atoms with van der Waals surface area (Å²) in [6, 6.07) is 8.20. The number of para-hydroxylation sites is 1. The van der Waals surface area contributed by atoms with Gasteiger partial charge in [0.15, 0.2) is 0 Å². The molecule has 3 heterocycles. The number of hydrogen-bond donors (Lipinski definition) is 1. The normalized spacial score (nSPS) is 20.8. The van der Waals surface area contributed by atoms with Crippen molar-refractivity contribution >= 4 is 16.9 Å². The Hall–Kier alpha value is -2.12. The number of carbonyl (C=O) groups excluding carboxylic acids is 1. The first kappa shape index (κ1) is 19.2. The lowest BCUT2D eigenvalue weighted by atomic mass is 10.1. The molecule has 2 fully saturated rings. The van der Waals surface area contributed by atoms with E-state index in [2.05, 4.69) is 22.5 Å². The Morgan fingerprint density at radius 2 is 2.11 bits per heavy atom. The van der Waals surface area contributed by atoms with E-state index >= 15 is 0 Å². The van der Waals surface area contributed by atoms with E-state index in [1.54, 1.807) is 0 Å². The van der Waals surface area contributed by atoms with Gasteiger partial charge in [0, 0.05) is 45.1 Å². The number of nitrogens with one attached hydrogen (secondary N) is 1. The molecule has 0 bridgehead atoms. The third-order valence-electron chi connectivity index (χ3n) is 5.74. The molecule has 1 aromatic carbocycles. The zero-order valence-corrected chi connectivity index (χ0v) is 16.6. The van der Waals surface area contributed by atoms with E-state index in [1.807, 2.05) is 28.8 Å². The number of aryl methyl sites for hydroxylation is 1. The summed E-state index contributed by atoms with van der Waals surface area (Å²) in [5, 5.41) is 8.79. The molecule has 1 N–H and O–H groups in total. The van der Waals surface area contributed by atoms with Crippen LogP contribution in [0.5, 0.6) is 0 Å². The first-order chi connectivity index (χ1) is 13.7. The summed E-state index contributed by atoms with van der Waals surface area (Å²) in [4.78, 5) is 14.4. The van der Waals surface area contributed by atoms with E-state index in [-0.39, 0.29) is 18.2 Å². The van der Waals surface area contributed by atoms with Crippen LogP contribution in [0, 0.1) is 0 Å². The van der Waals surface area contributed by atoms with Gasteiger partial charge in [-0.3, -0.25) is 4.68 Å². The van der Waals surface area contributed by atoms with Crippen LogP contribution in [-0.2, 0) is 22.9 Å². The SMILES string of the molecule is Cn1nc(CCNC(=O)N2CCC(OCC3CCCO3)CC2)c2ccccc21. The minimum atomic E-state index is 0.0119. The number of benzene rings is 1. The summed E-state index contributed by atoms with van der Waals surface area (Å²) >= 11 is 0. The maximum absolute atomic E-state index is 12.5. The molecule has 1 unspecified atom stereocenters. The van der Waals surface area contributed by atoms with Crippen LogP contribution >= 0.6 is 0 Å². The number of amides is 2. The Balaban J connectivity index is 1.18. The van der Waals surface area contributed by atoms with Crippen molar-refractivity contribution in [2.75, 3.05) is 32.8 Å². The van der Waals surface area contributed by atoms with Crippen molar-refractivity contribution in [2.45, 2.75) is 44.3 Å². The second-order valence-corrected chi connectivity index (χ2v) is 7.72. The predicted octanol–water partition coefficient (Wildman–Crippen LogP) is 2.49. The summed E-state index contributed by atoms with van der Waals surface area (Å²) in [5.74, 6) is 0. The number of urea groups is 1. The molecule has 2 aromatic rings. The van der Waals surface area contributed by atoms with Gasteiger partial charge in [-0.05, 0) is 31.7 Å². The molecule has 0 saturated carbocycles. The molecule has 1 atom stereocenters. The lowest BCUT2D eigenvalue weighted by molar-refractivity contribution is -0.0381. The van der Waals surface area contributed by atoms with Crippen LogP contribution in [-0.4, -0.2) is 65.8 Å². The highest BCUT2D eigenvalue weighted by molar-refractivity contribution is 5.82. The zero-order valence-electron chi connectivity index (χ0n) is 16.6. The number of carbonyl (C=O) groups is 1. The van der Waals surface area contributed by atoms with Gasteiger partial charge in [0.05, 0.1) is 30.0 Å². The van der Waals surface area contributed by atoms with Crippen LogP contribution in [0.15, 0.2) is 24.3 Å². The highest BCUT2D eigenvalue weighted by Gasteiger charge is 2.25. The maximum Gasteiger partial charge on any atom is 0.317 e. The molecule has 0 radical (unpaired) electrons. The quantitative estimate of drug-likeness (QED) is 0.828. The Morgan fingerprint density at radius 1 is 1.29 bits per heavy atom. The summed E-state index contributed by atoms with van der Waals surface area (Å²) in [7, 11) is 1.95. The Morgan fingerprint density at radius 3 is 2.89 bits per heavy atom. The minimum absolute atomic E-state index is 0.0119. The molecular formula is C21H30N4O3. The van der Waals surface area contributed by atoms with Crippen LogP contribution in [0.4, 0.5) is 4.79 Å². The van der Waals surface area contributed by atoms with Gasteiger partial charge in [-0.1, -0.05) is 18.2 Å². The van der Waals surface area contributed by atoms with E-state index in [1.165, 1.54) is 0 Å². The molecular weight excluding hydrogens is 356 g/mol. The van der Waals surface area contributed by atoms with Gasteiger partial charge in [0.2, 0.25) is 0 Å². The van der Waals surface area contributed by atoms with Gasteiger partial charge in [-0.25, -0.2) is 4.79 Å². The first-order valence-electron chi connectivity index (χ1n) is 10.4. The summed E-state index contributed by atoms with van der Waals surface area (Å²) in [6.07, 6.45) is 5.27. The van der Waals surface area contributed by atoms with Crippen molar-refractivity contribution < 1.29 is 14.3 Å². The topological polar surface area (TPSA) is 68.6 Å². The van der Waals surface area contributed by atoms with Gasteiger partial charge in [-0.2, -0.15) is 5.10 Å². The van der Waals surface area contributed by atoms with E-state index in [4.69, 9.17) is 9.47 Å². The van der Waals surface area contributed by atoms with Gasteiger partial charge in [0.1, 0.15) is 0 Å². The summed E-state index contributed by atoms with van der Waals surface area (Å²) in [5.41, 5.74) is 2.15. The fraction of sp³-hybridized carbons (Fsp3) is 0.619. The zero-order chi connectivity index (χ0) is 19.3. The highest BCUT2D eigenvalue weighted by Crippen LogP contribution is 2.19. The number of ether oxygens (including phenoxy) is 2. The standard InChI is InChI=1S/C21H30N4O3/c1-24-20-7-3-2-6-18(20)19(23-24)8-11-22-21(26)25-12-9-16(10-13-25)28-15-17-5-4-14-27-17/h2-3,6-7,16-17H,4-5,8-15H2,1H3,(H,22,26). The average molecular weight is 386 g/mol. The van der Waals surface area contributed by atoms with Crippen molar-refractivity contribution in [3.8, 4) is 0 Å². The highest BCUT2D eigenvalue weighted by atomic mass is 16.5. The minimum Gasteiger partial charge on any atom is -0.376 e. The third-order valence-corrected chi connectivity index (χ3v) is 5.74. The molecule has 28 heavy (non-hydrogen) atoms. The second kappa shape index (κ2) is 8.92. The van der Waals surface area contributed by atoms with Gasteiger partial charge in [0.25, 0.3) is 0 Å². The number of nitrogens with zero attached hydrogens (tertiary/aromatic N) is 3. The van der Waals surface area contributed by atoms with Crippen molar-refractivity contribution in [2.24, 2.45) is 7.05 Å². The monoisotopic (exact) mass is 386 g/mol. The number of rotatable bonds is 6. The summed E-state index contributed by atoms with van der Waals surface area (Å²) < 4.78 is 13.5. The van der Waals surface area contributed by atoms with Gasteiger partial charge in [-0.15, -0.1) is 0 Å². The van der Waals surface area contributed by atoms with E-state index in [0.29, 0.717) is 13.2 Å². The van der Waals surface area contributed by atoms with Crippen LogP contribution in [0.2, 0.25) is 0 Å². The van der Waals surface area contributed by atoms with E-state index < -0.39 is 0 Å². The van der Waals surface area contributed by atoms with Crippen LogP contribution in [0.25, 0.3) is 10.9 Å². The Kier molecular flexibility index (Phi) is 6.12. The number of piperidine rings is 1. The lowest BCUT2D eigenvalue weighted by Crippen LogP contribution is -2.46. The van der Waals surface area contributed by atoms with Crippen molar-refractivity contribution in [3.05, 3.63) is 30.0 Å². The second-order valence-electron chi connectivity index (χ2n) is 7.72. The molecule has 2 aliphatic rings. The Labute approximate surface area is 166 Å². The lowest BCUT2D eigenvalue weighted by Gasteiger charge is -2.32. The van der Waals surface area contributed by atoms with Crippen LogP contribution in [0.1, 0.15) is 31.4 Å².